The Labute approximate surface area is 226 Å². The number of ether oxygens (including phenoxy) is 2. The third kappa shape index (κ3) is 6.31. The summed E-state index contributed by atoms with van der Waals surface area (Å²) in [6, 6.07) is 5.17. The molecule has 5 rings (SSSR count). The van der Waals surface area contributed by atoms with E-state index in [1.54, 1.807) is 18.3 Å². The van der Waals surface area contributed by atoms with Gasteiger partial charge >= 0.3 is 0 Å². The molecule has 0 unspecified atom stereocenters. The highest BCUT2D eigenvalue weighted by atomic mass is 32.2. The Morgan fingerprint density at radius 1 is 1.26 bits per heavy atom. The number of anilines is 3. The summed E-state index contributed by atoms with van der Waals surface area (Å²) in [6.45, 7) is 4.95. The number of aliphatic hydroxyl groups excluding tert-OH is 1. The molecule has 2 saturated heterocycles. The number of aliphatic hydroxyl groups is 1. The first-order valence-electron chi connectivity index (χ1n) is 13.1. The van der Waals surface area contributed by atoms with Gasteiger partial charge in [-0.05, 0) is 68.2 Å². The minimum absolute atomic E-state index is 0.00164. The number of hydrogen-bond donors (Lipinski definition) is 3. The van der Waals surface area contributed by atoms with Crippen LogP contribution in [0.2, 0.25) is 0 Å². The van der Waals surface area contributed by atoms with Crippen molar-refractivity contribution in [1.82, 2.24) is 14.7 Å². The number of carbonyl (C=O) groups excluding carboxylic acids is 1. The molecular weight excluding hydrogens is 511 g/mol. The zero-order valence-corrected chi connectivity index (χ0v) is 22.4. The van der Waals surface area contributed by atoms with Crippen molar-refractivity contribution in [3.05, 3.63) is 30.0 Å². The molecule has 2 aliphatic heterocycles. The van der Waals surface area contributed by atoms with Gasteiger partial charge in [-0.3, -0.25) is 9.52 Å². The van der Waals surface area contributed by atoms with E-state index < -0.39 is 6.86 Å². The molecule has 10 nitrogen and oxygen atoms in total. The summed E-state index contributed by atoms with van der Waals surface area (Å²) in [7, 11) is 0. The van der Waals surface area contributed by atoms with E-state index in [-0.39, 0.29) is 18.6 Å². The summed E-state index contributed by atoms with van der Waals surface area (Å²) in [6.07, 6.45) is 6.45. The summed E-state index contributed by atoms with van der Waals surface area (Å²) in [4.78, 5) is 26.9. The molecule has 1 aliphatic carbocycles. The third-order valence-electron chi connectivity index (χ3n) is 7.45. The van der Waals surface area contributed by atoms with E-state index in [1.165, 1.54) is 24.8 Å². The summed E-state index contributed by atoms with van der Waals surface area (Å²) >= 11 is 1.33. The standard InChI is InChI=1S/C26H35FN6O4S/c1-18-16-33(11-13-36-18)24-21(37-17-27)2-3-22(30-24)31-25(35)19-15-28-23(38-29-8-12-34)14-20(19)32-9-6-26(4-5-26)7-10-32/h2-3,14-15,18,29,34H,4-13,16-17H2,1H3,(H,30,31,35)/t18-/m0/s1. The SMILES string of the molecule is C[C@H]1CN(c2nc(NC(=O)c3cnc(SNCCO)cc3N3CCC4(CC3)CC4)ccc2OCF)CCO1. The highest BCUT2D eigenvalue weighted by molar-refractivity contribution is 7.97. The van der Waals surface area contributed by atoms with Crippen LogP contribution in [0.3, 0.4) is 0 Å². The molecule has 206 valence electrons. The van der Waals surface area contributed by atoms with Gasteiger partial charge in [0.1, 0.15) is 10.8 Å². The Morgan fingerprint density at radius 3 is 2.79 bits per heavy atom. The predicted molar refractivity (Wildman–Crippen MR) is 145 cm³/mol. The number of rotatable bonds is 10. The smallest absolute Gasteiger partial charge is 0.260 e. The van der Waals surface area contributed by atoms with Crippen LogP contribution in [0.5, 0.6) is 5.75 Å². The fraction of sp³-hybridized carbons (Fsp3) is 0.577. The molecule has 3 N–H and O–H groups in total. The molecule has 0 radical (unpaired) electrons. The summed E-state index contributed by atoms with van der Waals surface area (Å²) < 4.78 is 26.9. The number of pyridine rings is 2. The largest absolute Gasteiger partial charge is 0.459 e. The Hall–Kier alpha value is -2.67. The van der Waals surface area contributed by atoms with Crippen LogP contribution in [-0.2, 0) is 4.74 Å². The van der Waals surface area contributed by atoms with Crippen LogP contribution in [0.1, 0.15) is 43.0 Å². The van der Waals surface area contributed by atoms with Gasteiger partial charge in [0.15, 0.2) is 11.6 Å². The van der Waals surface area contributed by atoms with E-state index in [2.05, 4.69) is 24.9 Å². The fourth-order valence-corrected chi connectivity index (χ4v) is 5.70. The van der Waals surface area contributed by atoms with Crippen molar-refractivity contribution < 1.29 is 23.8 Å². The van der Waals surface area contributed by atoms with E-state index in [0.29, 0.717) is 54.6 Å². The first kappa shape index (κ1) is 26.9. The molecule has 4 heterocycles. The Morgan fingerprint density at radius 2 is 2.08 bits per heavy atom. The van der Waals surface area contributed by atoms with Gasteiger partial charge in [-0.2, -0.15) is 0 Å². The van der Waals surface area contributed by atoms with Gasteiger partial charge in [0.2, 0.25) is 6.86 Å². The highest BCUT2D eigenvalue weighted by Crippen LogP contribution is 2.54. The molecular formula is C26H35FN6O4S. The molecule has 0 bridgehead atoms. The van der Waals surface area contributed by atoms with Crippen molar-refractivity contribution in [3.63, 3.8) is 0 Å². The van der Waals surface area contributed by atoms with Crippen LogP contribution >= 0.6 is 11.9 Å². The summed E-state index contributed by atoms with van der Waals surface area (Å²) in [5.41, 5.74) is 1.81. The number of amides is 1. The average Bonchev–Trinajstić information content (AvgIpc) is 3.68. The normalized spacial score (nSPS) is 20.4. The van der Waals surface area contributed by atoms with Crippen molar-refractivity contribution in [1.29, 1.82) is 0 Å². The number of carbonyl (C=O) groups is 1. The Bertz CT molecular complexity index is 1130. The number of morpholine rings is 1. The van der Waals surface area contributed by atoms with Gasteiger partial charge in [0.05, 0.1) is 30.6 Å². The lowest BCUT2D eigenvalue weighted by Gasteiger charge is -2.35. The molecule has 1 spiro atoms. The van der Waals surface area contributed by atoms with E-state index in [4.69, 9.17) is 14.6 Å². The van der Waals surface area contributed by atoms with Crippen LogP contribution in [0.4, 0.5) is 21.7 Å². The van der Waals surface area contributed by atoms with Gasteiger partial charge in [-0.25, -0.2) is 14.4 Å². The van der Waals surface area contributed by atoms with Crippen LogP contribution in [0.15, 0.2) is 29.4 Å². The van der Waals surface area contributed by atoms with E-state index >= 15 is 0 Å². The molecule has 3 aliphatic rings. The predicted octanol–water partition coefficient (Wildman–Crippen LogP) is 3.23. The fourth-order valence-electron chi connectivity index (χ4n) is 5.09. The Kier molecular flexibility index (Phi) is 8.51. The lowest BCUT2D eigenvalue weighted by molar-refractivity contribution is 0.0526. The second kappa shape index (κ2) is 12.0. The number of halogens is 1. The van der Waals surface area contributed by atoms with Crippen LogP contribution in [-0.4, -0.2) is 79.9 Å². The number of alkyl halides is 1. The number of nitrogens with zero attached hydrogens (tertiary/aromatic N) is 4. The molecule has 0 aromatic carbocycles. The molecule has 12 heteroatoms. The van der Waals surface area contributed by atoms with Gasteiger partial charge in [0.25, 0.3) is 5.91 Å². The maximum atomic E-state index is 13.5. The van der Waals surface area contributed by atoms with Crippen molar-refractivity contribution >= 4 is 35.2 Å². The zero-order valence-electron chi connectivity index (χ0n) is 21.6. The van der Waals surface area contributed by atoms with E-state index in [0.717, 1.165) is 36.6 Å². The van der Waals surface area contributed by atoms with Crippen molar-refractivity contribution in [2.75, 3.05) is 67.9 Å². The van der Waals surface area contributed by atoms with Crippen molar-refractivity contribution in [2.45, 2.75) is 43.7 Å². The maximum absolute atomic E-state index is 13.5. The monoisotopic (exact) mass is 546 g/mol. The second-order valence-electron chi connectivity index (χ2n) is 10.1. The van der Waals surface area contributed by atoms with Crippen molar-refractivity contribution in [2.24, 2.45) is 5.41 Å². The molecule has 38 heavy (non-hydrogen) atoms. The van der Waals surface area contributed by atoms with Gasteiger partial charge in [-0.15, -0.1) is 0 Å². The topological polar surface area (TPSA) is 112 Å². The minimum atomic E-state index is -0.968. The molecule has 2 aromatic heterocycles. The van der Waals surface area contributed by atoms with E-state index in [1.807, 2.05) is 17.9 Å². The number of piperidine rings is 1. The molecule has 3 fully saturated rings. The lowest BCUT2D eigenvalue weighted by atomic mass is 9.93. The van der Waals surface area contributed by atoms with Gasteiger partial charge in [0, 0.05) is 38.9 Å². The molecule has 1 saturated carbocycles. The first-order valence-corrected chi connectivity index (χ1v) is 14.0. The maximum Gasteiger partial charge on any atom is 0.260 e. The number of hydrogen-bond acceptors (Lipinski definition) is 10. The molecule has 1 amide bonds. The zero-order chi connectivity index (χ0) is 26.5. The molecule has 1 atom stereocenters. The third-order valence-corrected chi connectivity index (χ3v) is 8.23. The van der Waals surface area contributed by atoms with Crippen LogP contribution in [0, 0.1) is 5.41 Å². The summed E-state index contributed by atoms with van der Waals surface area (Å²) in [5, 5.41) is 12.7. The van der Waals surface area contributed by atoms with Crippen LogP contribution in [0.25, 0.3) is 0 Å². The quantitative estimate of drug-likeness (QED) is 0.303. The van der Waals surface area contributed by atoms with E-state index in [9.17, 15) is 9.18 Å². The van der Waals surface area contributed by atoms with Gasteiger partial charge in [-0.1, -0.05) is 0 Å². The Balaban J connectivity index is 1.38. The number of aromatic nitrogens is 2. The average molecular weight is 547 g/mol. The number of nitrogens with one attached hydrogen (secondary N) is 2. The molecule has 2 aromatic rings. The van der Waals surface area contributed by atoms with Crippen molar-refractivity contribution in [3.8, 4) is 5.75 Å². The summed E-state index contributed by atoms with van der Waals surface area (Å²) in [5.74, 6) is 0.828. The lowest BCUT2D eigenvalue weighted by Crippen LogP contribution is -2.41. The van der Waals surface area contributed by atoms with Gasteiger partial charge < -0.3 is 29.7 Å². The van der Waals surface area contributed by atoms with Crippen LogP contribution < -0.4 is 24.6 Å². The minimum Gasteiger partial charge on any atom is -0.459 e. The highest BCUT2D eigenvalue weighted by Gasteiger charge is 2.44. The first-order chi connectivity index (χ1) is 18.5. The second-order valence-corrected chi connectivity index (χ2v) is 11.0.